The van der Waals surface area contributed by atoms with Crippen LogP contribution in [0.3, 0.4) is 0 Å². The maximum Gasteiger partial charge on any atom is 0.168 e. The molecule has 1 aliphatic rings. The fourth-order valence-electron chi connectivity index (χ4n) is 3.46. The van der Waals surface area contributed by atoms with Gasteiger partial charge in [-0.25, -0.2) is 0 Å². The van der Waals surface area contributed by atoms with Crippen molar-refractivity contribution in [2.75, 3.05) is 13.7 Å². The largest absolute Gasteiger partial charge is 1.00 e. The Kier molecular flexibility index (Phi) is 9.34. The van der Waals surface area contributed by atoms with Crippen LogP contribution in [-0.4, -0.2) is 36.7 Å². The van der Waals surface area contributed by atoms with Gasteiger partial charge in [-0.1, -0.05) is 31.4 Å². The summed E-state index contributed by atoms with van der Waals surface area (Å²) in [6.07, 6.45) is 6.28. The van der Waals surface area contributed by atoms with E-state index in [1.54, 1.807) is 13.2 Å². The fourth-order valence-corrected chi connectivity index (χ4v) is 3.46. The van der Waals surface area contributed by atoms with Gasteiger partial charge in [-0.2, -0.15) is 0 Å². The number of ether oxygens (including phenoxy) is 1. The van der Waals surface area contributed by atoms with Crippen molar-refractivity contribution in [3.8, 4) is 5.75 Å². The Morgan fingerprint density at radius 1 is 1.33 bits per heavy atom. The third-order valence-electron chi connectivity index (χ3n) is 4.97. The Balaban J connectivity index is 0.00000288. The van der Waals surface area contributed by atoms with E-state index in [1.165, 1.54) is 19.3 Å². The number of nitrogens with two attached hydrogens (primary N) is 1. The molecule has 2 unspecified atom stereocenters. The standard InChI is InChI=1S/C19H29NO3.ClH/c1-14(19(22)15-7-4-3-5-8-15)20-12-11-18(21)16-9-6-10-17(13-16)23-2;/h6,9-10,13-15,19-20,22H,3-5,7-8,11-12H2,1-2H3;1H. The minimum atomic E-state index is -0.262. The van der Waals surface area contributed by atoms with E-state index in [2.05, 4.69) is 12.2 Å². The second kappa shape index (κ2) is 10.7. The molecule has 5 heteroatoms. The molecule has 2 rings (SSSR count). The molecule has 1 aliphatic carbocycles. The second-order valence-corrected chi connectivity index (χ2v) is 6.68. The van der Waals surface area contributed by atoms with Gasteiger partial charge in [-0.3, -0.25) is 4.79 Å². The Hall–Kier alpha value is -1.10. The van der Waals surface area contributed by atoms with Crippen molar-refractivity contribution < 1.29 is 32.4 Å². The number of halogens is 1. The quantitative estimate of drug-likeness (QED) is 0.598. The van der Waals surface area contributed by atoms with E-state index < -0.39 is 0 Å². The smallest absolute Gasteiger partial charge is 0.168 e. The predicted molar refractivity (Wildman–Crippen MR) is 90.8 cm³/mol. The lowest BCUT2D eigenvalue weighted by Crippen LogP contribution is -3.00. The lowest BCUT2D eigenvalue weighted by Gasteiger charge is -2.29. The monoisotopic (exact) mass is 355 g/mol. The average Bonchev–Trinajstić information content (AvgIpc) is 2.61. The van der Waals surface area contributed by atoms with Crippen LogP contribution in [-0.2, 0) is 0 Å². The molecule has 0 heterocycles. The zero-order chi connectivity index (χ0) is 16.7. The minimum absolute atomic E-state index is 0. The average molecular weight is 356 g/mol. The van der Waals surface area contributed by atoms with Crippen molar-refractivity contribution in [3.63, 3.8) is 0 Å². The highest BCUT2D eigenvalue weighted by molar-refractivity contribution is 5.96. The molecular weight excluding hydrogens is 326 g/mol. The number of hydrogen-bond acceptors (Lipinski definition) is 3. The van der Waals surface area contributed by atoms with Gasteiger partial charge in [0.25, 0.3) is 0 Å². The van der Waals surface area contributed by atoms with Crippen LogP contribution < -0.4 is 22.5 Å². The summed E-state index contributed by atoms with van der Waals surface area (Å²) in [5, 5.41) is 12.6. The highest BCUT2D eigenvalue weighted by Gasteiger charge is 2.28. The summed E-state index contributed by atoms with van der Waals surface area (Å²) in [5.41, 5.74) is 0.693. The Morgan fingerprint density at radius 3 is 2.71 bits per heavy atom. The van der Waals surface area contributed by atoms with E-state index >= 15 is 0 Å². The molecule has 3 N–H and O–H groups in total. The lowest BCUT2D eigenvalue weighted by atomic mass is 9.83. The van der Waals surface area contributed by atoms with E-state index in [9.17, 15) is 9.90 Å². The van der Waals surface area contributed by atoms with E-state index in [0.29, 0.717) is 30.2 Å². The van der Waals surface area contributed by atoms with Gasteiger partial charge < -0.3 is 27.6 Å². The Labute approximate surface area is 151 Å². The second-order valence-electron chi connectivity index (χ2n) is 6.68. The highest BCUT2D eigenvalue weighted by Crippen LogP contribution is 2.27. The topological polar surface area (TPSA) is 63.1 Å². The molecule has 0 amide bonds. The van der Waals surface area contributed by atoms with Crippen molar-refractivity contribution >= 4 is 5.78 Å². The number of rotatable bonds is 8. The van der Waals surface area contributed by atoms with Crippen LogP contribution in [0.2, 0.25) is 0 Å². The number of methoxy groups -OCH3 is 1. The molecule has 0 aromatic heterocycles. The summed E-state index contributed by atoms with van der Waals surface area (Å²) in [5.74, 6) is 1.27. The number of benzene rings is 1. The number of quaternary nitrogens is 1. The van der Waals surface area contributed by atoms with Crippen LogP contribution in [0.4, 0.5) is 0 Å². The summed E-state index contributed by atoms with van der Waals surface area (Å²) < 4.78 is 5.15. The van der Waals surface area contributed by atoms with E-state index in [0.717, 1.165) is 12.8 Å². The predicted octanol–water partition coefficient (Wildman–Crippen LogP) is -0.835. The molecule has 24 heavy (non-hydrogen) atoms. The van der Waals surface area contributed by atoms with E-state index in [-0.39, 0.29) is 30.3 Å². The summed E-state index contributed by atoms with van der Waals surface area (Å²) >= 11 is 0. The number of ketones is 1. The van der Waals surface area contributed by atoms with Gasteiger partial charge in [0.2, 0.25) is 0 Å². The number of Topliss-reactive ketones (excluding diaryl/α,β-unsaturated/α-hetero) is 1. The van der Waals surface area contributed by atoms with Crippen molar-refractivity contribution in [1.29, 1.82) is 0 Å². The number of carbonyl (C=O) groups is 1. The third-order valence-corrected chi connectivity index (χ3v) is 4.97. The lowest BCUT2D eigenvalue weighted by molar-refractivity contribution is -0.693. The molecule has 0 bridgehead atoms. The molecule has 136 valence electrons. The maximum absolute atomic E-state index is 12.2. The van der Waals surface area contributed by atoms with Crippen molar-refractivity contribution in [2.24, 2.45) is 5.92 Å². The van der Waals surface area contributed by atoms with Gasteiger partial charge in [-0.05, 0) is 37.8 Å². The van der Waals surface area contributed by atoms with Crippen molar-refractivity contribution in [2.45, 2.75) is 57.6 Å². The first-order valence-corrected chi connectivity index (χ1v) is 8.80. The van der Waals surface area contributed by atoms with Crippen molar-refractivity contribution in [1.82, 2.24) is 0 Å². The molecule has 1 saturated carbocycles. The summed E-state index contributed by atoms with van der Waals surface area (Å²) in [6, 6.07) is 7.43. The molecule has 1 fully saturated rings. The van der Waals surface area contributed by atoms with Crippen LogP contribution in [0.15, 0.2) is 24.3 Å². The fraction of sp³-hybridized carbons (Fsp3) is 0.632. The molecule has 0 radical (unpaired) electrons. The van der Waals surface area contributed by atoms with Gasteiger partial charge in [0.05, 0.1) is 20.1 Å². The maximum atomic E-state index is 12.2. The SMILES string of the molecule is COc1cccc(C(=O)CC[NH2+]C(C)C(O)C2CCCCC2)c1.[Cl-]. The number of carbonyl (C=O) groups excluding carboxylic acids is 1. The summed E-state index contributed by atoms with van der Waals surface area (Å²) in [6.45, 7) is 2.77. The minimum Gasteiger partial charge on any atom is -1.00 e. The Morgan fingerprint density at radius 2 is 2.04 bits per heavy atom. The highest BCUT2D eigenvalue weighted by atomic mass is 35.5. The Bertz CT molecular complexity index is 503. The van der Waals surface area contributed by atoms with Crippen LogP contribution >= 0.6 is 0 Å². The zero-order valence-corrected chi connectivity index (χ0v) is 15.5. The van der Waals surface area contributed by atoms with Gasteiger partial charge in [-0.15, -0.1) is 0 Å². The van der Waals surface area contributed by atoms with Gasteiger partial charge >= 0.3 is 0 Å². The normalized spacial score (nSPS) is 17.6. The van der Waals surface area contributed by atoms with Gasteiger partial charge in [0.1, 0.15) is 17.9 Å². The first kappa shape index (κ1) is 20.9. The van der Waals surface area contributed by atoms with Gasteiger partial charge in [0, 0.05) is 5.56 Å². The third kappa shape index (κ3) is 6.08. The van der Waals surface area contributed by atoms with Crippen LogP contribution in [0.25, 0.3) is 0 Å². The molecule has 1 aromatic rings. The van der Waals surface area contributed by atoms with Crippen LogP contribution in [0.1, 0.15) is 55.8 Å². The van der Waals surface area contributed by atoms with Crippen molar-refractivity contribution in [3.05, 3.63) is 29.8 Å². The molecule has 1 aromatic carbocycles. The molecular formula is C19H30ClNO3. The number of hydrogen-bond donors (Lipinski definition) is 2. The van der Waals surface area contributed by atoms with E-state index in [1.807, 2.05) is 18.2 Å². The van der Waals surface area contributed by atoms with Crippen LogP contribution in [0, 0.1) is 5.92 Å². The molecule has 0 saturated heterocycles. The molecule has 0 spiro atoms. The number of aliphatic hydroxyl groups is 1. The summed E-state index contributed by atoms with van der Waals surface area (Å²) in [4.78, 5) is 12.2. The molecule has 4 nitrogen and oxygen atoms in total. The molecule has 0 aliphatic heterocycles. The van der Waals surface area contributed by atoms with E-state index in [4.69, 9.17) is 4.74 Å². The first-order chi connectivity index (χ1) is 11.1. The van der Waals surface area contributed by atoms with Gasteiger partial charge in [0.15, 0.2) is 5.78 Å². The summed E-state index contributed by atoms with van der Waals surface area (Å²) in [7, 11) is 1.60. The molecule has 2 atom stereocenters. The van der Waals surface area contributed by atoms with Crippen LogP contribution in [0.5, 0.6) is 5.75 Å². The number of aliphatic hydroxyl groups excluding tert-OH is 1. The zero-order valence-electron chi connectivity index (χ0n) is 14.7. The first-order valence-electron chi connectivity index (χ1n) is 8.80.